The molecule has 0 saturated heterocycles. The average Bonchev–Trinajstić information content (AvgIpc) is 2.66. The summed E-state index contributed by atoms with van der Waals surface area (Å²) < 4.78 is 10.5. The summed E-state index contributed by atoms with van der Waals surface area (Å²) in [5.41, 5.74) is 1.69. The lowest BCUT2D eigenvalue weighted by molar-refractivity contribution is 0.0696. The molecule has 6 heteroatoms. The number of amides is 1. The number of hydrogen-bond donors (Lipinski definition) is 2. The van der Waals surface area contributed by atoms with Gasteiger partial charge in [-0.25, -0.2) is 4.79 Å². The van der Waals surface area contributed by atoms with Crippen molar-refractivity contribution in [2.45, 2.75) is 13.3 Å². The maximum Gasteiger partial charge on any atom is 0.335 e. The van der Waals surface area contributed by atoms with Crippen molar-refractivity contribution in [3.63, 3.8) is 0 Å². The summed E-state index contributed by atoms with van der Waals surface area (Å²) in [6.45, 7) is 2.55. The van der Waals surface area contributed by atoms with E-state index in [-0.39, 0.29) is 17.4 Å². The Bertz CT molecular complexity index is 770. The third kappa shape index (κ3) is 4.99. The zero-order valence-corrected chi connectivity index (χ0v) is 15.1. The molecule has 2 aromatic rings. The molecule has 2 N–H and O–H groups in total. The fraction of sp³-hybridized carbons (Fsp3) is 0.300. The number of nitrogens with one attached hydrogen (secondary N) is 1. The monoisotopic (exact) mass is 357 g/mol. The fourth-order valence-corrected chi connectivity index (χ4v) is 2.62. The van der Waals surface area contributed by atoms with Gasteiger partial charge in [0.15, 0.2) is 11.5 Å². The number of methoxy groups -OCH3 is 2. The molecule has 1 unspecified atom stereocenters. The number of carboxylic acids is 1. The van der Waals surface area contributed by atoms with Crippen molar-refractivity contribution in [3.8, 4) is 11.5 Å². The molecule has 2 aromatic carbocycles. The van der Waals surface area contributed by atoms with Gasteiger partial charge in [0.1, 0.15) is 0 Å². The molecule has 6 nitrogen and oxygen atoms in total. The third-order valence-electron chi connectivity index (χ3n) is 4.04. The van der Waals surface area contributed by atoms with Crippen LogP contribution in [-0.4, -0.2) is 37.7 Å². The smallest absolute Gasteiger partial charge is 0.335 e. The van der Waals surface area contributed by atoms with E-state index in [9.17, 15) is 9.59 Å². The van der Waals surface area contributed by atoms with Crippen molar-refractivity contribution >= 4 is 11.9 Å². The van der Waals surface area contributed by atoms with Crippen LogP contribution in [-0.2, 0) is 6.42 Å². The second-order valence-electron chi connectivity index (χ2n) is 6.09. The van der Waals surface area contributed by atoms with Gasteiger partial charge in [-0.2, -0.15) is 0 Å². The number of rotatable bonds is 8. The second-order valence-corrected chi connectivity index (χ2v) is 6.09. The molecule has 0 fully saturated rings. The molecule has 0 aliphatic rings. The first-order valence-electron chi connectivity index (χ1n) is 8.27. The molecule has 1 amide bonds. The average molecular weight is 357 g/mol. The van der Waals surface area contributed by atoms with Crippen LogP contribution in [0.1, 0.15) is 33.2 Å². The van der Waals surface area contributed by atoms with Crippen LogP contribution in [0.2, 0.25) is 0 Å². The molecule has 0 aromatic heterocycles. The zero-order valence-electron chi connectivity index (χ0n) is 15.1. The van der Waals surface area contributed by atoms with Gasteiger partial charge in [-0.05, 0) is 54.3 Å². The van der Waals surface area contributed by atoms with Gasteiger partial charge < -0.3 is 19.9 Å². The van der Waals surface area contributed by atoms with E-state index in [1.165, 1.54) is 24.3 Å². The van der Waals surface area contributed by atoms with Gasteiger partial charge in [0.25, 0.3) is 5.91 Å². The van der Waals surface area contributed by atoms with Crippen LogP contribution >= 0.6 is 0 Å². The van der Waals surface area contributed by atoms with Gasteiger partial charge in [0.05, 0.1) is 19.8 Å². The minimum absolute atomic E-state index is 0.156. The maximum absolute atomic E-state index is 12.2. The molecule has 0 saturated carbocycles. The van der Waals surface area contributed by atoms with E-state index >= 15 is 0 Å². The molecule has 26 heavy (non-hydrogen) atoms. The number of carboxylic acid groups (broad SMARTS) is 1. The van der Waals surface area contributed by atoms with Crippen molar-refractivity contribution in [2.75, 3.05) is 20.8 Å². The highest BCUT2D eigenvalue weighted by Crippen LogP contribution is 2.28. The Balaban J connectivity index is 1.90. The third-order valence-corrected chi connectivity index (χ3v) is 4.04. The van der Waals surface area contributed by atoms with Crippen LogP contribution in [0.15, 0.2) is 42.5 Å². The summed E-state index contributed by atoms with van der Waals surface area (Å²) in [6, 6.07) is 11.6. The van der Waals surface area contributed by atoms with Gasteiger partial charge in [0, 0.05) is 12.1 Å². The number of aromatic carboxylic acids is 1. The summed E-state index contributed by atoms with van der Waals surface area (Å²) in [5, 5.41) is 11.8. The predicted octanol–water partition coefficient (Wildman–Crippen LogP) is 3.01. The summed E-state index contributed by atoms with van der Waals surface area (Å²) in [4.78, 5) is 23.0. The van der Waals surface area contributed by atoms with E-state index in [0.717, 1.165) is 12.0 Å². The highest BCUT2D eigenvalue weighted by Gasteiger charge is 2.11. The molecule has 0 heterocycles. The SMILES string of the molecule is COc1ccc(CC(C)CNC(=O)c2ccc(C(=O)O)cc2)cc1OC. The highest BCUT2D eigenvalue weighted by molar-refractivity contribution is 5.95. The molecule has 0 bridgehead atoms. The van der Waals surface area contributed by atoms with Crippen LogP contribution < -0.4 is 14.8 Å². The van der Waals surface area contributed by atoms with Crippen molar-refractivity contribution in [1.82, 2.24) is 5.32 Å². The lowest BCUT2D eigenvalue weighted by atomic mass is 10.0. The second kappa shape index (κ2) is 8.89. The Kier molecular flexibility index (Phi) is 6.60. The number of benzene rings is 2. The van der Waals surface area contributed by atoms with Crippen molar-refractivity contribution in [1.29, 1.82) is 0 Å². The van der Waals surface area contributed by atoms with E-state index in [4.69, 9.17) is 14.6 Å². The first-order chi connectivity index (χ1) is 12.4. The molecule has 0 aliphatic carbocycles. The topological polar surface area (TPSA) is 84.9 Å². The number of carbonyl (C=O) groups is 2. The molecule has 0 spiro atoms. The Labute approximate surface area is 152 Å². The predicted molar refractivity (Wildman–Crippen MR) is 98.1 cm³/mol. The van der Waals surface area contributed by atoms with E-state index in [1.807, 2.05) is 25.1 Å². The van der Waals surface area contributed by atoms with Crippen LogP contribution in [0.25, 0.3) is 0 Å². The van der Waals surface area contributed by atoms with Crippen molar-refractivity contribution in [3.05, 3.63) is 59.2 Å². The molecule has 138 valence electrons. The van der Waals surface area contributed by atoms with Crippen LogP contribution in [0, 0.1) is 5.92 Å². The Morgan fingerprint density at radius 1 is 1.00 bits per heavy atom. The summed E-state index contributed by atoms with van der Waals surface area (Å²) in [6.07, 6.45) is 0.776. The minimum atomic E-state index is -1.01. The minimum Gasteiger partial charge on any atom is -0.493 e. The molecule has 0 aliphatic heterocycles. The number of hydrogen-bond acceptors (Lipinski definition) is 4. The summed E-state index contributed by atoms with van der Waals surface area (Å²) in [5.74, 6) is 0.346. The lowest BCUT2D eigenvalue weighted by Gasteiger charge is -2.14. The molecule has 0 radical (unpaired) electrons. The Morgan fingerprint density at radius 2 is 1.62 bits per heavy atom. The van der Waals surface area contributed by atoms with Gasteiger partial charge in [-0.15, -0.1) is 0 Å². The van der Waals surface area contributed by atoms with Gasteiger partial charge in [0.2, 0.25) is 0 Å². The van der Waals surface area contributed by atoms with Crippen LogP contribution in [0.5, 0.6) is 11.5 Å². The van der Waals surface area contributed by atoms with Crippen molar-refractivity contribution < 1.29 is 24.2 Å². The Morgan fingerprint density at radius 3 is 2.19 bits per heavy atom. The van der Waals surface area contributed by atoms with E-state index in [1.54, 1.807) is 14.2 Å². The van der Waals surface area contributed by atoms with E-state index in [0.29, 0.717) is 23.6 Å². The van der Waals surface area contributed by atoms with E-state index in [2.05, 4.69) is 5.32 Å². The van der Waals surface area contributed by atoms with E-state index < -0.39 is 5.97 Å². The number of carbonyl (C=O) groups excluding carboxylic acids is 1. The maximum atomic E-state index is 12.2. The normalized spacial score (nSPS) is 11.5. The molecular formula is C20H23NO5. The number of ether oxygens (including phenoxy) is 2. The van der Waals surface area contributed by atoms with Gasteiger partial charge >= 0.3 is 5.97 Å². The standard InChI is InChI=1S/C20H23NO5/c1-13(10-14-4-9-17(25-2)18(11-14)26-3)12-21-19(22)15-5-7-16(8-6-15)20(23)24/h4-9,11,13H,10,12H2,1-3H3,(H,21,22)(H,23,24). The van der Waals surface area contributed by atoms with Crippen LogP contribution in [0.4, 0.5) is 0 Å². The largest absolute Gasteiger partial charge is 0.493 e. The fourth-order valence-electron chi connectivity index (χ4n) is 2.62. The van der Waals surface area contributed by atoms with Crippen molar-refractivity contribution in [2.24, 2.45) is 5.92 Å². The van der Waals surface area contributed by atoms with Gasteiger partial charge in [-0.1, -0.05) is 13.0 Å². The summed E-state index contributed by atoms with van der Waals surface area (Å²) >= 11 is 0. The van der Waals surface area contributed by atoms with Crippen LogP contribution in [0.3, 0.4) is 0 Å². The lowest BCUT2D eigenvalue weighted by Crippen LogP contribution is -2.29. The summed E-state index contributed by atoms with van der Waals surface area (Å²) in [7, 11) is 3.19. The Hall–Kier alpha value is -3.02. The quantitative estimate of drug-likeness (QED) is 0.759. The first kappa shape index (κ1) is 19.3. The van der Waals surface area contributed by atoms with Gasteiger partial charge in [-0.3, -0.25) is 4.79 Å². The molecule has 2 rings (SSSR count). The highest BCUT2D eigenvalue weighted by atomic mass is 16.5. The molecule has 1 atom stereocenters. The first-order valence-corrected chi connectivity index (χ1v) is 8.27. The molecular weight excluding hydrogens is 334 g/mol. The zero-order chi connectivity index (χ0) is 19.1.